The Morgan fingerprint density at radius 2 is 2.47 bits per heavy atom. The van der Waals surface area contributed by atoms with Gasteiger partial charge >= 0.3 is 0 Å². The van der Waals surface area contributed by atoms with E-state index in [2.05, 4.69) is 15.3 Å². The lowest BCUT2D eigenvalue weighted by atomic mass is 9.68. The summed E-state index contributed by atoms with van der Waals surface area (Å²) in [5, 5.41) is 2.89. The second-order valence-electron chi connectivity index (χ2n) is 4.10. The van der Waals surface area contributed by atoms with Crippen LogP contribution in [0.4, 0.5) is 0 Å². The van der Waals surface area contributed by atoms with Gasteiger partial charge in [0.15, 0.2) is 0 Å². The molecule has 0 aliphatic heterocycles. The Bertz CT molecular complexity index is 324. The number of aromatic nitrogens is 2. The van der Waals surface area contributed by atoms with Crippen molar-refractivity contribution in [2.45, 2.75) is 25.8 Å². The van der Waals surface area contributed by atoms with Crippen LogP contribution in [0.25, 0.3) is 0 Å². The molecule has 0 unspecified atom stereocenters. The number of carbonyl (C=O) groups excluding carboxylic acids is 1. The molecule has 82 valence electrons. The summed E-state index contributed by atoms with van der Waals surface area (Å²) in [4.78, 5) is 18.7. The first-order chi connectivity index (χ1) is 7.27. The molecule has 0 aromatic carbocycles. The Labute approximate surface area is 88.5 Å². The molecule has 15 heavy (non-hydrogen) atoms. The summed E-state index contributed by atoms with van der Waals surface area (Å²) in [7, 11) is 0. The molecule has 1 aliphatic rings. The molecule has 1 aromatic rings. The zero-order valence-electron chi connectivity index (χ0n) is 8.62. The predicted molar refractivity (Wildman–Crippen MR) is 55.8 cm³/mol. The molecule has 0 bridgehead atoms. The van der Waals surface area contributed by atoms with Gasteiger partial charge in [-0.15, -0.1) is 0 Å². The third-order valence-corrected chi connectivity index (χ3v) is 3.18. The van der Waals surface area contributed by atoms with Crippen molar-refractivity contribution in [1.29, 1.82) is 0 Å². The van der Waals surface area contributed by atoms with Crippen molar-refractivity contribution in [3.63, 3.8) is 0 Å². The standard InChI is InChI=1S/C10H16N4O/c11-6-10(2-1-3-10)9(15)13-5-8-4-12-7-14-8/h4,7H,1-3,5-6,11H2,(H,12,14)(H,13,15). The number of aromatic amines is 1. The van der Waals surface area contributed by atoms with E-state index < -0.39 is 0 Å². The van der Waals surface area contributed by atoms with Crippen LogP contribution in [0.2, 0.25) is 0 Å². The average molecular weight is 208 g/mol. The van der Waals surface area contributed by atoms with Gasteiger partial charge in [-0.2, -0.15) is 0 Å². The summed E-state index contributed by atoms with van der Waals surface area (Å²) in [6, 6.07) is 0. The molecule has 2 rings (SSSR count). The highest BCUT2D eigenvalue weighted by Crippen LogP contribution is 2.39. The number of imidazole rings is 1. The van der Waals surface area contributed by atoms with E-state index in [0.717, 1.165) is 25.0 Å². The molecule has 1 aliphatic carbocycles. The first-order valence-electron chi connectivity index (χ1n) is 5.22. The van der Waals surface area contributed by atoms with Crippen molar-refractivity contribution in [2.75, 3.05) is 6.54 Å². The van der Waals surface area contributed by atoms with Gasteiger partial charge in [-0.1, -0.05) is 6.42 Å². The van der Waals surface area contributed by atoms with Gasteiger partial charge in [0.2, 0.25) is 5.91 Å². The molecular weight excluding hydrogens is 192 g/mol. The minimum atomic E-state index is -0.292. The number of nitrogens with zero attached hydrogens (tertiary/aromatic N) is 1. The van der Waals surface area contributed by atoms with Crippen molar-refractivity contribution in [3.05, 3.63) is 18.2 Å². The molecule has 5 nitrogen and oxygen atoms in total. The Morgan fingerprint density at radius 1 is 1.67 bits per heavy atom. The fraction of sp³-hybridized carbons (Fsp3) is 0.600. The Morgan fingerprint density at radius 3 is 2.93 bits per heavy atom. The van der Waals surface area contributed by atoms with Gasteiger partial charge < -0.3 is 16.0 Å². The lowest BCUT2D eigenvalue weighted by molar-refractivity contribution is -0.135. The number of amides is 1. The summed E-state index contributed by atoms with van der Waals surface area (Å²) in [6.07, 6.45) is 6.24. The summed E-state index contributed by atoms with van der Waals surface area (Å²) in [6.45, 7) is 0.947. The lowest BCUT2D eigenvalue weighted by Crippen LogP contribution is -2.50. The van der Waals surface area contributed by atoms with Gasteiger partial charge in [-0.25, -0.2) is 4.98 Å². The summed E-state index contributed by atoms with van der Waals surface area (Å²) >= 11 is 0. The van der Waals surface area contributed by atoms with E-state index in [9.17, 15) is 4.79 Å². The van der Waals surface area contributed by atoms with Crippen LogP contribution in [0.15, 0.2) is 12.5 Å². The van der Waals surface area contributed by atoms with Crippen LogP contribution in [-0.2, 0) is 11.3 Å². The summed E-state index contributed by atoms with van der Waals surface area (Å²) in [5.41, 5.74) is 6.26. The maximum Gasteiger partial charge on any atom is 0.227 e. The maximum absolute atomic E-state index is 11.8. The Balaban J connectivity index is 1.87. The minimum Gasteiger partial charge on any atom is -0.350 e. The van der Waals surface area contributed by atoms with Crippen LogP contribution in [-0.4, -0.2) is 22.4 Å². The maximum atomic E-state index is 11.8. The third-order valence-electron chi connectivity index (χ3n) is 3.18. The van der Waals surface area contributed by atoms with E-state index in [-0.39, 0.29) is 11.3 Å². The van der Waals surface area contributed by atoms with Crippen molar-refractivity contribution < 1.29 is 4.79 Å². The van der Waals surface area contributed by atoms with Crippen LogP contribution in [0.3, 0.4) is 0 Å². The highest BCUT2D eigenvalue weighted by Gasteiger charge is 2.42. The van der Waals surface area contributed by atoms with Gasteiger partial charge in [0.25, 0.3) is 0 Å². The first kappa shape index (κ1) is 10.2. The Kier molecular flexibility index (Phi) is 2.73. The largest absolute Gasteiger partial charge is 0.350 e. The molecular formula is C10H16N4O. The number of nitrogens with one attached hydrogen (secondary N) is 2. The zero-order valence-corrected chi connectivity index (χ0v) is 8.62. The van der Waals surface area contributed by atoms with Crippen LogP contribution in [0, 0.1) is 5.41 Å². The van der Waals surface area contributed by atoms with Gasteiger partial charge in [-0.3, -0.25) is 4.79 Å². The molecule has 5 heteroatoms. The Hall–Kier alpha value is -1.36. The highest BCUT2D eigenvalue weighted by atomic mass is 16.2. The van der Waals surface area contributed by atoms with E-state index >= 15 is 0 Å². The number of hydrogen-bond acceptors (Lipinski definition) is 3. The number of hydrogen-bond donors (Lipinski definition) is 3. The lowest BCUT2D eigenvalue weighted by Gasteiger charge is -2.39. The van der Waals surface area contributed by atoms with Gasteiger partial charge in [-0.05, 0) is 12.8 Å². The number of H-pyrrole nitrogens is 1. The van der Waals surface area contributed by atoms with Crippen LogP contribution in [0.1, 0.15) is 25.0 Å². The van der Waals surface area contributed by atoms with Crippen LogP contribution in [0.5, 0.6) is 0 Å². The third kappa shape index (κ3) is 1.87. The molecule has 0 spiro atoms. The average Bonchev–Trinajstić information content (AvgIpc) is 2.66. The van der Waals surface area contributed by atoms with Crippen molar-refractivity contribution in [1.82, 2.24) is 15.3 Å². The summed E-state index contributed by atoms with van der Waals surface area (Å²) in [5.74, 6) is 0.0749. The molecule has 1 fully saturated rings. The zero-order chi connectivity index (χ0) is 10.7. The fourth-order valence-corrected chi connectivity index (χ4v) is 1.87. The highest BCUT2D eigenvalue weighted by molar-refractivity contribution is 5.83. The van der Waals surface area contributed by atoms with E-state index in [1.165, 1.54) is 0 Å². The second-order valence-corrected chi connectivity index (χ2v) is 4.10. The quantitative estimate of drug-likeness (QED) is 0.658. The SMILES string of the molecule is NCC1(C(=O)NCc2cnc[nH]2)CCC1. The van der Waals surface area contributed by atoms with Crippen molar-refractivity contribution in [2.24, 2.45) is 11.1 Å². The van der Waals surface area contributed by atoms with Crippen molar-refractivity contribution >= 4 is 5.91 Å². The smallest absolute Gasteiger partial charge is 0.227 e. The molecule has 0 atom stereocenters. The fourth-order valence-electron chi connectivity index (χ4n) is 1.87. The molecule has 0 radical (unpaired) electrons. The normalized spacial score (nSPS) is 18.2. The number of nitrogens with two attached hydrogens (primary N) is 1. The molecule has 1 aromatic heterocycles. The summed E-state index contributed by atoms with van der Waals surface area (Å²) < 4.78 is 0. The predicted octanol–water partition coefficient (Wildman–Crippen LogP) is 0.155. The molecule has 1 heterocycles. The van der Waals surface area contributed by atoms with Gasteiger partial charge in [0.05, 0.1) is 24.0 Å². The molecule has 0 saturated heterocycles. The molecule has 1 amide bonds. The second kappa shape index (κ2) is 4.02. The van der Waals surface area contributed by atoms with Crippen LogP contribution < -0.4 is 11.1 Å². The molecule has 4 N–H and O–H groups in total. The monoisotopic (exact) mass is 208 g/mol. The van der Waals surface area contributed by atoms with Crippen LogP contribution >= 0.6 is 0 Å². The van der Waals surface area contributed by atoms with E-state index in [4.69, 9.17) is 5.73 Å². The number of rotatable bonds is 4. The van der Waals surface area contributed by atoms with E-state index in [1.54, 1.807) is 12.5 Å². The first-order valence-corrected chi connectivity index (χ1v) is 5.22. The van der Waals surface area contributed by atoms with Crippen molar-refractivity contribution in [3.8, 4) is 0 Å². The van der Waals surface area contributed by atoms with Gasteiger partial charge in [0.1, 0.15) is 0 Å². The van der Waals surface area contributed by atoms with E-state index in [0.29, 0.717) is 13.1 Å². The van der Waals surface area contributed by atoms with Gasteiger partial charge in [0, 0.05) is 12.7 Å². The topological polar surface area (TPSA) is 83.8 Å². The van der Waals surface area contributed by atoms with E-state index in [1.807, 2.05) is 0 Å². The number of carbonyl (C=O) groups is 1. The minimum absolute atomic E-state index is 0.0749. The molecule has 1 saturated carbocycles.